The Hall–Kier alpha value is -7.04. The summed E-state index contributed by atoms with van der Waals surface area (Å²) in [5.74, 6) is -0.928. The van der Waals surface area contributed by atoms with E-state index in [4.69, 9.17) is 0 Å². The average molecular weight is 1080 g/mol. The quantitative estimate of drug-likeness (QED) is 0.0305. The largest absolute Gasteiger partial charge is 0.395 e. The molecule has 0 unspecified atom stereocenters. The molecule has 0 bridgehead atoms. The second-order valence-electron chi connectivity index (χ2n) is 15.0. The molecule has 0 saturated carbocycles. The first-order valence-corrected chi connectivity index (χ1v) is 27.0. The highest BCUT2D eigenvalue weighted by Gasteiger charge is 2.21. The van der Waals surface area contributed by atoms with Gasteiger partial charge in [-0.15, -0.1) is 0 Å². The number of aliphatic hydroxyl groups excluding tert-OH is 4. The predicted octanol–water partition coefficient (Wildman–Crippen LogP) is 1.93. The lowest BCUT2D eigenvalue weighted by molar-refractivity contribution is 0.279. The van der Waals surface area contributed by atoms with Gasteiger partial charge in [-0.2, -0.15) is 55.2 Å². The third-order valence-corrected chi connectivity index (χ3v) is 13.5. The fourth-order valence-electron chi connectivity index (χ4n) is 6.55. The van der Waals surface area contributed by atoms with Crippen LogP contribution in [0.5, 0.6) is 0 Å². The van der Waals surface area contributed by atoms with Crippen LogP contribution in [0, 0.1) is 0 Å². The Bertz CT molecular complexity index is 3190. The number of rotatable bonds is 24. The van der Waals surface area contributed by atoms with E-state index in [0.717, 1.165) is 36.6 Å². The van der Waals surface area contributed by atoms with Gasteiger partial charge in [0, 0.05) is 55.2 Å². The van der Waals surface area contributed by atoms with Crippen molar-refractivity contribution < 1.29 is 67.8 Å². The Morgan fingerprint density at radius 1 is 0.444 bits per heavy atom. The molecule has 0 atom stereocenters. The zero-order valence-corrected chi connectivity index (χ0v) is 40.8. The van der Waals surface area contributed by atoms with E-state index in [9.17, 15) is 67.8 Å². The van der Waals surface area contributed by atoms with E-state index in [1.807, 2.05) is 0 Å². The Morgan fingerprint density at radius 3 is 1.10 bits per heavy atom. The molecule has 4 aromatic carbocycles. The van der Waals surface area contributed by atoms with E-state index in [-0.39, 0.29) is 127 Å². The van der Waals surface area contributed by atoms with Gasteiger partial charge in [0.1, 0.15) is 4.90 Å². The summed E-state index contributed by atoms with van der Waals surface area (Å²) in [5, 5.41) is 50.0. The van der Waals surface area contributed by atoms with Crippen LogP contribution in [0.3, 0.4) is 0 Å². The molecule has 0 saturated heterocycles. The molecular weight excluding hydrogens is 1030 g/mol. The van der Waals surface area contributed by atoms with Crippen LogP contribution in [0.1, 0.15) is 11.1 Å². The molecule has 0 aliphatic rings. The molecule has 0 amide bonds. The maximum absolute atomic E-state index is 13.2. The molecule has 11 N–H and O–H groups in total. The molecular formula is C41H46N12O15S4. The monoisotopic (exact) mass is 1070 g/mol. The molecule has 72 heavy (non-hydrogen) atoms. The topological polar surface area (TPSA) is 410 Å². The van der Waals surface area contributed by atoms with Crippen LogP contribution in [0.25, 0.3) is 12.2 Å². The van der Waals surface area contributed by atoms with E-state index in [0.29, 0.717) is 0 Å². The number of sulfone groups is 1. The predicted molar refractivity (Wildman–Crippen MR) is 263 cm³/mol. The molecule has 6 rings (SSSR count). The number of hydrogen-bond acceptors (Lipinski definition) is 24. The molecule has 6 aromatic rings. The lowest BCUT2D eigenvalue weighted by atomic mass is 10.1. The van der Waals surface area contributed by atoms with E-state index in [1.54, 1.807) is 0 Å². The Kier molecular flexibility index (Phi) is 17.4. The number of anilines is 10. The van der Waals surface area contributed by atoms with Gasteiger partial charge in [-0.1, -0.05) is 36.4 Å². The summed E-state index contributed by atoms with van der Waals surface area (Å²) in [5.41, 5.74) is 0.336. The molecule has 27 nitrogen and oxygen atoms in total. The van der Waals surface area contributed by atoms with Gasteiger partial charge in [-0.3, -0.25) is 13.7 Å². The van der Waals surface area contributed by atoms with Gasteiger partial charge >= 0.3 is 0 Å². The fourth-order valence-corrected chi connectivity index (χ4v) is 9.22. The lowest BCUT2D eigenvalue weighted by Crippen LogP contribution is -2.31. The van der Waals surface area contributed by atoms with E-state index in [2.05, 4.69) is 51.2 Å². The third kappa shape index (κ3) is 14.8. The van der Waals surface area contributed by atoms with Gasteiger partial charge in [0.05, 0.1) is 41.1 Å². The lowest BCUT2D eigenvalue weighted by Gasteiger charge is -2.21. The zero-order chi connectivity index (χ0) is 52.4. The minimum atomic E-state index is -4.99. The van der Waals surface area contributed by atoms with Gasteiger partial charge in [0.25, 0.3) is 30.4 Å². The van der Waals surface area contributed by atoms with Crippen LogP contribution in [0.15, 0.2) is 105 Å². The highest BCUT2D eigenvalue weighted by atomic mass is 32.2. The summed E-state index contributed by atoms with van der Waals surface area (Å²) in [4.78, 5) is 26.9. The Morgan fingerprint density at radius 2 is 0.778 bits per heavy atom. The van der Waals surface area contributed by atoms with Crippen LogP contribution in [-0.4, -0.2) is 157 Å². The molecule has 0 spiro atoms. The van der Waals surface area contributed by atoms with Crippen molar-refractivity contribution in [2.24, 2.45) is 0 Å². The van der Waals surface area contributed by atoms with Gasteiger partial charge in [-0.25, -0.2) is 8.42 Å². The van der Waals surface area contributed by atoms with Crippen molar-refractivity contribution in [2.45, 2.75) is 19.6 Å². The minimum absolute atomic E-state index is 0.00155. The number of benzene rings is 4. The molecule has 2 aromatic heterocycles. The number of hydrogen-bond donors (Lipinski definition) is 11. The van der Waals surface area contributed by atoms with Gasteiger partial charge < -0.3 is 51.5 Å². The summed E-state index contributed by atoms with van der Waals surface area (Å²) in [7, 11) is -18.2. The molecule has 31 heteroatoms. The average Bonchev–Trinajstić information content (AvgIpc) is 3.30. The first kappa shape index (κ1) is 54.3. The van der Waals surface area contributed by atoms with Crippen molar-refractivity contribution in [1.29, 1.82) is 0 Å². The van der Waals surface area contributed by atoms with E-state index in [1.165, 1.54) is 76.5 Å². The van der Waals surface area contributed by atoms with Crippen molar-refractivity contribution in [1.82, 2.24) is 29.9 Å². The normalized spacial score (nSPS) is 12.2. The SMILES string of the molecule is CS(=O)(=O)c1cc(Nc2nc(Nc3cccc(S(=O)(=O)O)c3)nc(N(CCO)CCO)n2)ccc1/C=C/c1ccc(Nc2nc(Nc3cccc(S(=O)(=O)O)c3)nc(N(CCO)CCO)n2)cc1S(=O)(=O)O. The molecule has 0 fully saturated rings. The van der Waals surface area contributed by atoms with Crippen LogP contribution in [-0.2, 0) is 40.2 Å². The van der Waals surface area contributed by atoms with E-state index >= 15 is 0 Å². The van der Waals surface area contributed by atoms with Crippen LogP contribution < -0.4 is 31.1 Å². The first-order chi connectivity index (χ1) is 34.0. The van der Waals surface area contributed by atoms with Crippen molar-refractivity contribution >= 4 is 111 Å². The van der Waals surface area contributed by atoms with Gasteiger partial charge in [-0.05, 0) is 71.8 Å². The highest BCUT2D eigenvalue weighted by molar-refractivity contribution is 7.90. The third-order valence-electron chi connectivity index (χ3n) is 9.73. The standard InChI is InChI=1S/C41H46N12O15S4/c1-69(58,59)34-24-30(44-38-46-36(48-40(50-38)52(14-18-54)15-19-55)42-28-4-2-6-32(22-28)70(60,61)62)12-10-26(34)8-9-27-11-13-31(25-35(27)72(66,67)68)45-39-47-37(49-41(51-39)53(16-20-56)17-21-57)43-29-5-3-7-33(23-29)71(63,64)65/h2-13,22-25,54-57H,14-21H2,1H3,(H,60,61,62)(H,63,64,65)(H,66,67,68)(H2,42,44,46,48,50)(H2,43,45,47,49,51)/b9-8+. The summed E-state index contributed by atoms with van der Waals surface area (Å²) in [6.45, 7) is -1.65. The van der Waals surface area contributed by atoms with Crippen LogP contribution >= 0.6 is 0 Å². The Labute approximate surface area is 412 Å². The first-order valence-electron chi connectivity index (χ1n) is 20.8. The summed E-state index contributed by atoms with van der Waals surface area (Å²) in [6.07, 6.45) is 3.45. The zero-order valence-electron chi connectivity index (χ0n) is 37.5. The second-order valence-corrected chi connectivity index (χ2v) is 21.2. The smallest absolute Gasteiger partial charge is 0.295 e. The van der Waals surface area contributed by atoms with Gasteiger partial charge in [0.2, 0.25) is 35.7 Å². The molecule has 2 heterocycles. The fraction of sp³-hybridized carbons (Fsp3) is 0.220. The number of aliphatic hydroxyl groups is 4. The summed E-state index contributed by atoms with van der Waals surface area (Å²) >= 11 is 0. The summed E-state index contributed by atoms with van der Waals surface area (Å²) in [6, 6.07) is 17.8. The van der Waals surface area contributed by atoms with Crippen molar-refractivity contribution in [3.63, 3.8) is 0 Å². The molecule has 0 aliphatic carbocycles. The maximum atomic E-state index is 13.2. The number of nitrogens with zero attached hydrogens (tertiary/aromatic N) is 8. The van der Waals surface area contributed by atoms with Crippen LogP contribution in [0.2, 0.25) is 0 Å². The highest BCUT2D eigenvalue weighted by Crippen LogP contribution is 2.30. The van der Waals surface area contributed by atoms with Gasteiger partial charge in [0.15, 0.2) is 9.84 Å². The van der Waals surface area contributed by atoms with Crippen molar-refractivity contribution in [3.05, 3.63) is 96.1 Å². The minimum Gasteiger partial charge on any atom is -0.395 e. The van der Waals surface area contributed by atoms with E-state index < -0.39 is 54.9 Å². The van der Waals surface area contributed by atoms with Crippen molar-refractivity contribution in [2.75, 3.05) is 89.9 Å². The molecule has 384 valence electrons. The molecule has 0 aliphatic heterocycles. The number of nitrogens with one attached hydrogen (secondary N) is 4. The van der Waals surface area contributed by atoms with Crippen molar-refractivity contribution in [3.8, 4) is 0 Å². The van der Waals surface area contributed by atoms with Crippen LogP contribution in [0.4, 0.5) is 58.4 Å². The Balaban J connectivity index is 1.33. The molecule has 0 radical (unpaired) electrons. The second kappa shape index (κ2) is 23.0. The summed E-state index contributed by atoms with van der Waals surface area (Å²) < 4.78 is 129. The number of aromatic nitrogens is 6. The maximum Gasteiger partial charge on any atom is 0.295 e.